The number of thioether (sulfide) groups is 1. The number of hydrogen-bond acceptors (Lipinski definition) is 6. The molecule has 2 aliphatic rings. The predicted octanol–water partition coefficient (Wildman–Crippen LogP) is 1.36. The molecule has 0 atom stereocenters. The van der Waals surface area contributed by atoms with Crippen molar-refractivity contribution in [2.24, 2.45) is 0 Å². The van der Waals surface area contributed by atoms with Gasteiger partial charge in [0.1, 0.15) is 6.61 Å². The molecule has 0 saturated carbocycles. The van der Waals surface area contributed by atoms with Gasteiger partial charge in [0.05, 0.1) is 0 Å². The summed E-state index contributed by atoms with van der Waals surface area (Å²) >= 11 is 2.05. The maximum Gasteiger partial charge on any atom is 0.328 e. The van der Waals surface area contributed by atoms with Crippen LogP contribution in [0.15, 0.2) is 18.2 Å². The Kier molecular flexibility index (Phi) is 8.49. The van der Waals surface area contributed by atoms with Gasteiger partial charge in [-0.3, -0.25) is 9.58 Å². The fourth-order valence-electron chi connectivity index (χ4n) is 2.71. The Bertz CT molecular complexity index is 586. The highest BCUT2D eigenvalue weighted by Gasteiger charge is 2.14. The monoisotopic (exact) mass is 383 g/mol. The number of nitrogens with zero attached hydrogens (tertiary/aromatic N) is 3. The van der Waals surface area contributed by atoms with Gasteiger partial charge in [-0.1, -0.05) is 0 Å². The van der Waals surface area contributed by atoms with Crippen LogP contribution >= 0.6 is 11.8 Å². The van der Waals surface area contributed by atoms with Crippen LogP contribution in [-0.4, -0.2) is 74.6 Å². The van der Waals surface area contributed by atoms with E-state index in [0.29, 0.717) is 12.2 Å². The molecular weight excluding hydrogens is 358 g/mol. The lowest BCUT2D eigenvalue weighted by atomic mass is 10.1. The van der Waals surface area contributed by atoms with Gasteiger partial charge >= 0.3 is 11.9 Å². The normalized spacial score (nSPS) is 17.2. The summed E-state index contributed by atoms with van der Waals surface area (Å²) in [7, 11) is 0. The number of aryl methyl sites for hydroxylation is 2. The van der Waals surface area contributed by atoms with Crippen molar-refractivity contribution in [3.05, 3.63) is 23.9 Å². The standard InChI is InChI=1S/C13H21N3OS.C4H4O4/c1-2-4-16-12(3-1)11-13(14-16)17-8-5-15-6-9-18-10-7-15;5-3(6)1-2-4(7)8/h11H,1-10H2;1-2H,(H,5,6)(H,7,8)/b;2-1-. The average Bonchev–Trinajstić information content (AvgIpc) is 3.04. The number of ether oxygens (including phenoxy) is 1. The van der Waals surface area contributed by atoms with Crippen LogP contribution in [0.25, 0.3) is 0 Å². The fraction of sp³-hybridized carbons (Fsp3) is 0.588. The second-order valence-electron chi connectivity index (χ2n) is 5.97. The van der Waals surface area contributed by atoms with Crippen LogP contribution in [0.2, 0.25) is 0 Å². The van der Waals surface area contributed by atoms with Crippen molar-refractivity contribution >= 4 is 23.7 Å². The number of carbonyl (C=O) groups is 2. The van der Waals surface area contributed by atoms with Gasteiger partial charge in [-0.15, -0.1) is 5.10 Å². The van der Waals surface area contributed by atoms with E-state index in [2.05, 4.69) is 20.7 Å². The molecule has 8 nitrogen and oxygen atoms in total. The first kappa shape index (κ1) is 20.3. The summed E-state index contributed by atoms with van der Waals surface area (Å²) in [6.07, 6.45) is 4.81. The molecular formula is C17H25N3O5S. The molecule has 0 amide bonds. The highest BCUT2D eigenvalue weighted by molar-refractivity contribution is 7.99. The zero-order chi connectivity index (χ0) is 18.8. The molecule has 0 spiro atoms. The van der Waals surface area contributed by atoms with Gasteiger partial charge in [0.2, 0.25) is 5.88 Å². The van der Waals surface area contributed by atoms with E-state index in [1.807, 2.05) is 11.8 Å². The minimum absolute atomic E-state index is 0.558. The Morgan fingerprint density at radius 2 is 1.85 bits per heavy atom. The third-order valence-electron chi connectivity index (χ3n) is 4.02. The molecule has 3 heterocycles. The summed E-state index contributed by atoms with van der Waals surface area (Å²) < 4.78 is 7.89. The number of hydrogen-bond donors (Lipinski definition) is 2. The molecule has 2 N–H and O–H groups in total. The molecule has 1 aromatic heterocycles. The molecule has 1 saturated heterocycles. The van der Waals surface area contributed by atoms with Crippen molar-refractivity contribution in [2.75, 3.05) is 37.7 Å². The summed E-state index contributed by atoms with van der Waals surface area (Å²) in [5.74, 6) is 0.829. The molecule has 26 heavy (non-hydrogen) atoms. The van der Waals surface area contributed by atoms with Crippen molar-refractivity contribution < 1.29 is 24.5 Å². The van der Waals surface area contributed by atoms with Crippen LogP contribution in [0.5, 0.6) is 5.88 Å². The minimum atomic E-state index is -1.26. The van der Waals surface area contributed by atoms with Crippen molar-refractivity contribution in [1.29, 1.82) is 0 Å². The summed E-state index contributed by atoms with van der Waals surface area (Å²) in [6.45, 7) is 5.26. The number of aliphatic carboxylic acids is 2. The molecule has 0 unspecified atom stereocenters. The molecule has 0 bridgehead atoms. The molecule has 0 aromatic carbocycles. The molecule has 3 rings (SSSR count). The van der Waals surface area contributed by atoms with Crippen LogP contribution in [0, 0.1) is 0 Å². The van der Waals surface area contributed by atoms with Gasteiger partial charge in [-0.05, 0) is 19.3 Å². The molecule has 1 fully saturated rings. The highest BCUT2D eigenvalue weighted by atomic mass is 32.2. The van der Waals surface area contributed by atoms with Crippen LogP contribution < -0.4 is 4.74 Å². The van der Waals surface area contributed by atoms with E-state index >= 15 is 0 Å². The van der Waals surface area contributed by atoms with Gasteiger partial charge in [0, 0.05) is 61.6 Å². The summed E-state index contributed by atoms with van der Waals surface area (Å²) in [5, 5.41) is 20.1. The largest absolute Gasteiger partial charge is 0.478 e. The minimum Gasteiger partial charge on any atom is -0.478 e. The molecule has 0 aliphatic carbocycles. The molecule has 9 heteroatoms. The first-order valence-electron chi connectivity index (χ1n) is 8.68. The number of aromatic nitrogens is 2. The third kappa shape index (κ3) is 7.49. The quantitative estimate of drug-likeness (QED) is 0.710. The Morgan fingerprint density at radius 3 is 2.46 bits per heavy atom. The fourth-order valence-corrected chi connectivity index (χ4v) is 3.69. The van der Waals surface area contributed by atoms with Gasteiger partial charge in [0.25, 0.3) is 0 Å². The molecule has 1 aromatic rings. The summed E-state index contributed by atoms with van der Waals surface area (Å²) in [6, 6.07) is 2.12. The average molecular weight is 383 g/mol. The Balaban J connectivity index is 0.000000260. The van der Waals surface area contributed by atoms with Crippen LogP contribution in [0.4, 0.5) is 0 Å². The van der Waals surface area contributed by atoms with Crippen LogP contribution in [-0.2, 0) is 22.6 Å². The van der Waals surface area contributed by atoms with Crippen molar-refractivity contribution in [1.82, 2.24) is 14.7 Å². The lowest BCUT2D eigenvalue weighted by Crippen LogP contribution is -2.35. The Morgan fingerprint density at radius 1 is 1.15 bits per heavy atom. The van der Waals surface area contributed by atoms with Gasteiger partial charge in [-0.25, -0.2) is 9.59 Å². The highest BCUT2D eigenvalue weighted by Crippen LogP contribution is 2.19. The Hall–Kier alpha value is -2.00. The first-order valence-corrected chi connectivity index (χ1v) is 9.83. The molecule has 2 aliphatic heterocycles. The van der Waals surface area contributed by atoms with E-state index in [9.17, 15) is 9.59 Å². The first-order chi connectivity index (χ1) is 12.5. The van der Waals surface area contributed by atoms with Gasteiger partial charge in [-0.2, -0.15) is 11.8 Å². The van der Waals surface area contributed by atoms with E-state index in [1.54, 1.807) is 0 Å². The zero-order valence-corrected chi connectivity index (χ0v) is 15.5. The van der Waals surface area contributed by atoms with E-state index < -0.39 is 11.9 Å². The second kappa shape index (κ2) is 10.9. The number of rotatable bonds is 6. The topological polar surface area (TPSA) is 105 Å². The van der Waals surface area contributed by atoms with Crippen molar-refractivity contribution in [2.45, 2.75) is 25.8 Å². The summed E-state index contributed by atoms with van der Waals surface area (Å²) in [5.41, 5.74) is 1.34. The molecule has 0 radical (unpaired) electrons. The van der Waals surface area contributed by atoms with Crippen molar-refractivity contribution in [3.63, 3.8) is 0 Å². The van der Waals surface area contributed by atoms with E-state index in [0.717, 1.165) is 32.0 Å². The number of carboxylic acid groups (broad SMARTS) is 2. The maximum atomic E-state index is 9.55. The maximum absolute atomic E-state index is 9.55. The predicted molar refractivity (Wildman–Crippen MR) is 98.8 cm³/mol. The van der Waals surface area contributed by atoms with Crippen LogP contribution in [0.3, 0.4) is 0 Å². The summed E-state index contributed by atoms with van der Waals surface area (Å²) in [4.78, 5) is 21.6. The van der Waals surface area contributed by atoms with E-state index in [4.69, 9.17) is 14.9 Å². The molecule has 144 valence electrons. The Labute approximate surface area is 156 Å². The smallest absolute Gasteiger partial charge is 0.328 e. The third-order valence-corrected chi connectivity index (χ3v) is 4.97. The van der Waals surface area contributed by atoms with E-state index in [-0.39, 0.29) is 0 Å². The number of fused-ring (bicyclic) bond motifs is 1. The van der Waals surface area contributed by atoms with Gasteiger partial charge < -0.3 is 14.9 Å². The SMILES string of the molecule is O=C(O)/C=C\C(=O)O.c1c(OCCN2CCSCC2)nn2c1CCCC2. The van der Waals surface area contributed by atoms with E-state index in [1.165, 1.54) is 43.1 Å². The second-order valence-corrected chi connectivity index (χ2v) is 7.19. The lowest BCUT2D eigenvalue weighted by molar-refractivity contribution is -0.134. The number of carboxylic acids is 2. The lowest BCUT2D eigenvalue weighted by Gasteiger charge is -2.25. The zero-order valence-electron chi connectivity index (χ0n) is 14.7. The van der Waals surface area contributed by atoms with Crippen LogP contribution in [0.1, 0.15) is 18.5 Å². The van der Waals surface area contributed by atoms with Gasteiger partial charge in [0.15, 0.2) is 0 Å². The van der Waals surface area contributed by atoms with Crippen molar-refractivity contribution in [3.8, 4) is 5.88 Å².